The Kier molecular flexibility index (Phi) is 4.67. The lowest BCUT2D eigenvalue weighted by Gasteiger charge is -2.28. The summed E-state index contributed by atoms with van der Waals surface area (Å²) in [6.07, 6.45) is 0.363. The fourth-order valence-electron chi connectivity index (χ4n) is 2.93. The van der Waals surface area contributed by atoms with Crippen LogP contribution in [0.3, 0.4) is 0 Å². The van der Waals surface area contributed by atoms with Crippen LogP contribution >= 0.6 is 11.6 Å². The predicted molar refractivity (Wildman–Crippen MR) is 93.9 cm³/mol. The maximum absolute atomic E-state index is 12.1. The van der Waals surface area contributed by atoms with E-state index in [1.807, 2.05) is 50.2 Å². The molecule has 0 unspecified atom stereocenters. The molecular formula is C19H20ClNO3. The molecule has 4 nitrogen and oxygen atoms in total. The number of carbonyl (C=O) groups excluding carboxylic acids is 1. The van der Waals surface area contributed by atoms with Crippen molar-refractivity contribution in [1.82, 2.24) is 5.32 Å². The molecule has 1 N–H and O–H groups in total. The summed E-state index contributed by atoms with van der Waals surface area (Å²) in [5.41, 5.74) is 2.95. The number of nitrogens with one attached hydrogen (secondary N) is 1. The second-order valence-electron chi connectivity index (χ2n) is 6.10. The van der Waals surface area contributed by atoms with E-state index in [0.29, 0.717) is 22.9 Å². The highest BCUT2D eigenvalue weighted by Gasteiger charge is 2.28. The summed E-state index contributed by atoms with van der Waals surface area (Å²) in [4.78, 5) is 12.1. The SMILES string of the molecule is COc1cc2c(cc1OC(C)C)[C@@H](c1ccc(Cl)cc1)NC(=O)C2. The number of fused-ring (bicyclic) bond motifs is 1. The highest BCUT2D eigenvalue weighted by molar-refractivity contribution is 6.30. The predicted octanol–water partition coefficient (Wildman–Crippen LogP) is 3.90. The number of amides is 1. The molecule has 1 atom stereocenters. The van der Waals surface area contributed by atoms with Gasteiger partial charge in [0.2, 0.25) is 5.91 Å². The summed E-state index contributed by atoms with van der Waals surface area (Å²) in [6.45, 7) is 3.94. The molecule has 0 radical (unpaired) electrons. The number of ether oxygens (including phenoxy) is 2. The number of halogens is 1. The van der Waals surface area contributed by atoms with Crippen LogP contribution < -0.4 is 14.8 Å². The first kappa shape index (κ1) is 16.7. The highest BCUT2D eigenvalue weighted by atomic mass is 35.5. The minimum Gasteiger partial charge on any atom is -0.493 e. The molecule has 0 aromatic heterocycles. The van der Waals surface area contributed by atoms with E-state index >= 15 is 0 Å². The third-order valence-electron chi connectivity index (χ3n) is 3.96. The quantitative estimate of drug-likeness (QED) is 0.914. The Bertz CT molecular complexity index is 756. The number of hydrogen-bond donors (Lipinski definition) is 1. The molecule has 1 heterocycles. The van der Waals surface area contributed by atoms with Gasteiger partial charge in [-0.25, -0.2) is 0 Å². The molecule has 24 heavy (non-hydrogen) atoms. The van der Waals surface area contributed by atoms with Gasteiger partial charge in [-0.3, -0.25) is 4.79 Å². The molecule has 0 spiro atoms. The molecule has 2 aromatic rings. The molecule has 0 aliphatic carbocycles. The molecule has 3 rings (SSSR count). The van der Waals surface area contributed by atoms with Gasteiger partial charge >= 0.3 is 0 Å². The van der Waals surface area contributed by atoms with E-state index in [1.165, 1.54) is 0 Å². The summed E-state index contributed by atoms with van der Waals surface area (Å²) in [7, 11) is 1.61. The molecule has 1 aliphatic heterocycles. The number of methoxy groups -OCH3 is 1. The number of carbonyl (C=O) groups is 1. The Labute approximate surface area is 146 Å². The first-order chi connectivity index (χ1) is 11.5. The molecule has 5 heteroatoms. The van der Waals surface area contributed by atoms with Gasteiger partial charge in [0.1, 0.15) is 0 Å². The minimum atomic E-state index is -0.223. The zero-order valence-corrected chi connectivity index (χ0v) is 14.7. The Morgan fingerprint density at radius 1 is 1.17 bits per heavy atom. The minimum absolute atomic E-state index is 0.0120. The van der Waals surface area contributed by atoms with E-state index < -0.39 is 0 Å². The Hall–Kier alpha value is -2.20. The van der Waals surface area contributed by atoms with Crippen molar-refractivity contribution in [3.63, 3.8) is 0 Å². The lowest BCUT2D eigenvalue weighted by atomic mass is 9.89. The van der Waals surface area contributed by atoms with Crippen LogP contribution in [0.1, 0.15) is 36.6 Å². The average Bonchev–Trinajstić information content (AvgIpc) is 2.54. The topological polar surface area (TPSA) is 47.6 Å². The number of hydrogen-bond acceptors (Lipinski definition) is 3. The van der Waals surface area contributed by atoms with Crippen LogP contribution in [-0.4, -0.2) is 19.1 Å². The Morgan fingerprint density at radius 2 is 1.88 bits per heavy atom. The van der Waals surface area contributed by atoms with Gasteiger partial charge in [-0.15, -0.1) is 0 Å². The monoisotopic (exact) mass is 345 g/mol. The fraction of sp³-hybridized carbons (Fsp3) is 0.316. The maximum atomic E-state index is 12.1. The zero-order chi connectivity index (χ0) is 17.3. The van der Waals surface area contributed by atoms with Crippen LogP contribution in [0, 0.1) is 0 Å². The second kappa shape index (κ2) is 6.73. The summed E-state index contributed by atoms with van der Waals surface area (Å²) >= 11 is 5.98. The zero-order valence-electron chi connectivity index (χ0n) is 13.9. The van der Waals surface area contributed by atoms with Crippen LogP contribution in [0.4, 0.5) is 0 Å². The van der Waals surface area contributed by atoms with E-state index in [4.69, 9.17) is 21.1 Å². The third kappa shape index (κ3) is 3.34. The fourth-order valence-corrected chi connectivity index (χ4v) is 3.05. The van der Waals surface area contributed by atoms with E-state index in [2.05, 4.69) is 5.32 Å². The van der Waals surface area contributed by atoms with Gasteiger partial charge in [-0.1, -0.05) is 23.7 Å². The van der Waals surface area contributed by atoms with E-state index in [9.17, 15) is 4.79 Å². The van der Waals surface area contributed by atoms with Crippen molar-refractivity contribution in [2.45, 2.75) is 32.4 Å². The van der Waals surface area contributed by atoms with Gasteiger partial charge in [0.15, 0.2) is 11.5 Å². The summed E-state index contributed by atoms with van der Waals surface area (Å²) in [5, 5.41) is 3.71. The molecule has 0 bridgehead atoms. The third-order valence-corrected chi connectivity index (χ3v) is 4.21. The van der Waals surface area contributed by atoms with Crippen molar-refractivity contribution in [2.24, 2.45) is 0 Å². The average molecular weight is 346 g/mol. The first-order valence-electron chi connectivity index (χ1n) is 7.90. The van der Waals surface area contributed by atoms with Gasteiger partial charge in [-0.2, -0.15) is 0 Å². The van der Waals surface area contributed by atoms with Crippen molar-refractivity contribution in [3.8, 4) is 11.5 Å². The van der Waals surface area contributed by atoms with Gasteiger partial charge < -0.3 is 14.8 Å². The Balaban J connectivity index is 2.09. The van der Waals surface area contributed by atoms with E-state index in [-0.39, 0.29) is 18.1 Å². The highest BCUT2D eigenvalue weighted by Crippen LogP contribution is 2.38. The van der Waals surface area contributed by atoms with Crippen LogP contribution in [0.25, 0.3) is 0 Å². The normalized spacial score (nSPS) is 16.5. The van der Waals surface area contributed by atoms with Crippen LogP contribution in [0.5, 0.6) is 11.5 Å². The summed E-state index contributed by atoms with van der Waals surface area (Å²) in [5.74, 6) is 1.32. The smallest absolute Gasteiger partial charge is 0.225 e. The van der Waals surface area contributed by atoms with E-state index in [0.717, 1.165) is 16.7 Å². The molecular weight excluding hydrogens is 326 g/mol. The molecule has 0 saturated carbocycles. The molecule has 1 aliphatic rings. The Morgan fingerprint density at radius 3 is 2.50 bits per heavy atom. The molecule has 126 valence electrons. The van der Waals surface area contributed by atoms with Crippen molar-refractivity contribution in [3.05, 3.63) is 58.1 Å². The molecule has 2 aromatic carbocycles. The van der Waals surface area contributed by atoms with Gasteiger partial charge in [-0.05, 0) is 54.8 Å². The van der Waals surface area contributed by atoms with Crippen LogP contribution in [0.15, 0.2) is 36.4 Å². The van der Waals surface area contributed by atoms with Crippen LogP contribution in [-0.2, 0) is 11.2 Å². The van der Waals surface area contributed by atoms with E-state index in [1.54, 1.807) is 7.11 Å². The largest absolute Gasteiger partial charge is 0.493 e. The molecule has 0 saturated heterocycles. The number of benzene rings is 2. The second-order valence-corrected chi connectivity index (χ2v) is 6.53. The standard InChI is InChI=1S/C19H20ClNO3/c1-11(2)24-17-10-15-13(8-16(17)23-3)9-18(22)21-19(15)12-4-6-14(20)7-5-12/h4-8,10-11,19H,9H2,1-3H3,(H,21,22)/t19-/m1/s1. The summed E-state index contributed by atoms with van der Waals surface area (Å²) < 4.78 is 11.3. The van der Waals surface area contributed by atoms with Crippen molar-refractivity contribution >= 4 is 17.5 Å². The van der Waals surface area contributed by atoms with Crippen LogP contribution in [0.2, 0.25) is 5.02 Å². The van der Waals surface area contributed by atoms with Gasteiger partial charge in [0.25, 0.3) is 0 Å². The van der Waals surface area contributed by atoms with Gasteiger partial charge in [0, 0.05) is 5.02 Å². The van der Waals surface area contributed by atoms with Crippen molar-refractivity contribution in [2.75, 3.05) is 7.11 Å². The lowest BCUT2D eigenvalue weighted by Crippen LogP contribution is -2.35. The maximum Gasteiger partial charge on any atom is 0.225 e. The summed E-state index contributed by atoms with van der Waals surface area (Å²) in [6, 6.07) is 11.1. The van der Waals surface area contributed by atoms with Gasteiger partial charge in [0.05, 0.1) is 25.7 Å². The van der Waals surface area contributed by atoms with Crippen molar-refractivity contribution < 1.29 is 14.3 Å². The molecule has 1 amide bonds. The first-order valence-corrected chi connectivity index (χ1v) is 8.28. The van der Waals surface area contributed by atoms with Crippen molar-refractivity contribution in [1.29, 1.82) is 0 Å². The lowest BCUT2D eigenvalue weighted by molar-refractivity contribution is -0.121. The number of rotatable bonds is 4. The molecule has 0 fully saturated rings.